The van der Waals surface area contributed by atoms with E-state index in [0.29, 0.717) is 6.54 Å². The maximum Gasteiger partial charge on any atom is 0.0992 e. The molecule has 2 N–H and O–H groups in total. The number of rotatable bonds is 7. The van der Waals surface area contributed by atoms with E-state index in [-0.39, 0.29) is 0 Å². The molecule has 19 heavy (non-hydrogen) atoms. The standard InChI is InChI=1S/C14H20N4O/c1-14(19,13-6-3-2-4-7-13)12-15-8-5-10-18-11-9-16-17-18/h2-4,6-7,9,11,15,19H,5,8,10,12H2,1H3. The molecule has 5 nitrogen and oxygen atoms in total. The highest BCUT2D eigenvalue weighted by Crippen LogP contribution is 2.18. The van der Waals surface area contributed by atoms with Gasteiger partial charge in [-0.25, -0.2) is 0 Å². The van der Waals surface area contributed by atoms with Crippen LogP contribution in [0.15, 0.2) is 42.7 Å². The van der Waals surface area contributed by atoms with E-state index in [4.69, 9.17) is 0 Å². The molecule has 0 aliphatic carbocycles. The molecule has 0 spiro atoms. The normalized spacial score (nSPS) is 14.2. The smallest absolute Gasteiger partial charge is 0.0992 e. The fraction of sp³-hybridized carbons (Fsp3) is 0.429. The van der Waals surface area contributed by atoms with Crippen molar-refractivity contribution in [1.29, 1.82) is 0 Å². The Kier molecular flexibility index (Phi) is 4.65. The third kappa shape index (κ3) is 4.15. The van der Waals surface area contributed by atoms with Crippen molar-refractivity contribution in [3.05, 3.63) is 48.3 Å². The van der Waals surface area contributed by atoms with Gasteiger partial charge >= 0.3 is 0 Å². The Morgan fingerprint density at radius 2 is 2.11 bits per heavy atom. The molecule has 1 aromatic carbocycles. The van der Waals surface area contributed by atoms with Gasteiger partial charge in [0, 0.05) is 19.3 Å². The lowest BCUT2D eigenvalue weighted by molar-refractivity contribution is 0.0570. The minimum absolute atomic E-state index is 0.536. The summed E-state index contributed by atoms with van der Waals surface area (Å²) in [6.07, 6.45) is 4.47. The van der Waals surface area contributed by atoms with Crippen molar-refractivity contribution in [2.24, 2.45) is 0 Å². The van der Waals surface area contributed by atoms with Gasteiger partial charge < -0.3 is 10.4 Å². The molecule has 0 bridgehead atoms. The zero-order valence-electron chi connectivity index (χ0n) is 11.2. The van der Waals surface area contributed by atoms with Crippen LogP contribution in [0.4, 0.5) is 0 Å². The van der Waals surface area contributed by atoms with Gasteiger partial charge in [-0.3, -0.25) is 4.68 Å². The third-order valence-corrected chi connectivity index (χ3v) is 3.08. The summed E-state index contributed by atoms with van der Waals surface area (Å²) in [5, 5.41) is 21.3. The van der Waals surface area contributed by atoms with Crippen LogP contribution in [0.5, 0.6) is 0 Å². The molecular weight excluding hydrogens is 240 g/mol. The van der Waals surface area contributed by atoms with Gasteiger partial charge in [0.05, 0.1) is 11.8 Å². The average Bonchev–Trinajstić information content (AvgIpc) is 2.92. The van der Waals surface area contributed by atoms with Gasteiger partial charge in [0.2, 0.25) is 0 Å². The summed E-state index contributed by atoms with van der Waals surface area (Å²) in [7, 11) is 0. The number of nitrogens with zero attached hydrogens (tertiary/aromatic N) is 3. The van der Waals surface area contributed by atoms with Crippen molar-refractivity contribution < 1.29 is 5.11 Å². The van der Waals surface area contributed by atoms with Gasteiger partial charge in [0.1, 0.15) is 0 Å². The van der Waals surface area contributed by atoms with Crippen LogP contribution in [-0.4, -0.2) is 33.2 Å². The first kappa shape index (κ1) is 13.7. The number of hydrogen-bond donors (Lipinski definition) is 2. The second kappa shape index (κ2) is 6.45. The predicted octanol–water partition coefficient (Wildman–Crippen LogP) is 1.17. The van der Waals surface area contributed by atoms with Gasteiger partial charge in [0.25, 0.3) is 0 Å². The van der Waals surface area contributed by atoms with Crippen LogP contribution < -0.4 is 5.32 Å². The summed E-state index contributed by atoms with van der Waals surface area (Å²) in [5.41, 5.74) is 0.0906. The van der Waals surface area contributed by atoms with Gasteiger partial charge in [-0.05, 0) is 25.5 Å². The third-order valence-electron chi connectivity index (χ3n) is 3.08. The molecule has 2 rings (SSSR count). The highest BCUT2D eigenvalue weighted by molar-refractivity contribution is 5.21. The highest BCUT2D eigenvalue weighted by atomic mass is 16.3. The Morgan fingerprint density at radius 1 is 1.32 bits per heavy atom. The summed E-state index contributed by atoms with van der Waals surface area (Å²) in [4.78, 5) is 0. The second-order valence-electron chi connectivity index (χ2n) is 4.84. The Bertz CT molecular complexity index is 467. The fourth-order valence-electron chi connectivity index (χ4n) is 1.95. The Labute approximate surface area is 113 Å². The van der Waals surface area contributed by atoms with Gasteiger partial charge in [-0.1, -0.05) is 35.5 Å². The van der Waals surface area contributed by atoms with Gasteiger partial charge in [-0.2, -0.15) is 0 Å². The maximum atomic E-state index is 10.4. The molecule has 0 fully saturated rings. The van der Waals surface area contributed by atoms with E-state index in [1.54, 1.807) is 10.9 Å². The number of hydrogen-bond acceptors (Lipinski definition) is 4. The van der Waals surface area contributed by atoms with E-state index in [2.05, 4.69) is 15.6 Å². The summed E-state index contributed by atoms with van der Waals surface area (Å²) < 4.78 is 1.80. The molecule has 0 saturated heterocycles. The van der Waals surface area contributed by atoms with Crippen LogP contribution in [0.1, 0.15) is 18.9 Å². The van der Waals surface area contributed by atoms with Crippen molar-refractivity contribution in [1.82, 2.24) is 20.3 Å². The molecule has 0 radical (unpaired) electrons. The Balaban J connectivity index is 1.70. The second-order valence-corrected chi connectivity index (χ2v) is 4.84. The van der Waals surface area contributed by atoms with E-state index >= 15 is 0 Å². The molecule has 1 atom stereocenters. The van der Waals surface area contributed by atoms with Crippen molar-refractivity contribution >= 4 is 0 Å². The van der Waals surface area contributed by atoms with Crippen molar-refractivity contribution in [3.8, 4) is 0 Å². The monoisotopic (exact) mass is 260 g/mol. The molecule has 102 valence electrons. The lowest BCUT2D eigenvalue weighted by atomic mass is 9.96. The Morgan fingerprint density at radius 3 is 2.79 bits per heavy atom. The molecule has 1 heterocycles. The van der Waals surface area contributed by atoms with E-state index in [1.165, 1.54) is 0 Å². The van der Waals surface area contributed by atoms with Crippen LogP contribution in [0.25, 0.3) is 0 Å². The summed E-state index contributed by atoms with van der Waals surface area (Å²) in [5.74, 6) is 0. The molecule has 2 aromatic rings. The van der Waals surface area contributed by atoms with Crippen LogP contribution in [0.2, 0.25) is 0 Å². The van der Waals surface area contributed by atoms with Crippen LogP contribution in [0, 0.1) is 0 Å². The topological polar surface area (TPSA) is 63.0 Å². The first-order valence-electron chi connectivity index (χ1n) is 6.51. The van der Waals surface area contributed by atoms with Gasteiger partial charge in [0.15, 0.2) is 0 Å². The molecule has 0 aliphatic heterocycles. The lowest BCUT2D eigenvalue weighted by Crippen LogP contribution is -2.36. The van der Waals surface area contributed by atoms with Crippen LogP contribution in [0.3, 0.4) is 0 Å². The van der Waals surface area contributed by atoms with Gasteiger partial charge in [-0.15, -0.1) is 5.10 Å². The van der Waals surface area contributed by atoms with E-state index in [1.807, 2.05) is 43.5 Å². The van der Waals surface area contributed by atoms with E-state index in [9.17, 15) is 5.11 Å². The average molecular weight is 260 g/mol. The minimum Gasteiger partial charge on any atom is -0.384 e. The largest absolute Gasteiger partial charge is 0.384 e. The zero-order valence-corrected chi connectivity index (χ0v) is 11.2. The Hall–Kier alpha value is -1.72. The van der Waals surface area contributed by atoms with E-state index < -0.39 is 5.60 Å². The highest BCUT2D eigenvalue weighted by Gasteiger charge is 2.21. The summed E-state index contributed by atoms with van der Waals surface area (Å²) in [6.45, 7) is 4.03. The zero-order chi connectivity index (χ0) is 13.6. The minimum atomic E-state index is -0.839. The molecule has 0 amide bonds. The first-order valence-corrected chi connectivity index (χ1v) is 6.51. The molecule has 5 heteroatoms. The van der Waals surface area contributed by atoms with Crippen molar-refractivity contribution in [3.63, 3.8) is 0 Å². The number of aryl methyl sites for hydroxylation is 1. The predicted molar refractivity (Wildman–Crippen MR) is 73.5 cm³/mol. The number of aromatic nitrogens is 3. The number of benzene rings is 1. The molecule has 1 aromatic heterocycles. The van der Waals surface area contributed by atoms with Crippen LogP contribution in [-0.2, 0) is 12.1 Å². The van der Waals surface area contributed by atoms with Crippen LogP contribution >= 0.6 is 0 Å². The van der Waals surface area contributed by atoms with Crippen molar-refractivity contribution in [2.75, 3.05) is 13.1 Å². The molecule has 1 unspecified atom stereocenters. The number of aliphatic hydroxyl groups is 1. The SMILES string of the molecule is CC(O)(CNCCCn1ccnn1)c1ccccc1. The maximum absolute atomic E-state index is 10.4. The van der Waals surface area contributed by atoms with Crippen molar-refractivity contribution in [2.45, 2.75) is 25.5 Å². The summed E-state index contributed by atoms with van der Waals surface area (Å²) in [6, 6.07) is 9.71. The molecule has 0 saturated carbocycles. The first-order chi connectivity index (χ1) is 9.18. The molecular formula is C14H20N4O. The lowest BCUT2D eigenvalue weighted by Gasteiger charge is -2.24. The fourth-order valence-corrected chi connectivity index (χ4v) is 1.95. The van der Waals surface area contributed by atoms with E-state index in [0.717, 1.165) is 25.1 Å². The quantitative estimate of drug-likeness (QED) is 0.733. The number of nitrogens with one attached hydrogen (secondary N) is 1. The summed E-state index contributed by atoms with van der Waals surface area (Å²) >= 11 is 0. The molecule has 0 aliphatic rings.